The van der Waals surface area contributed by atoms with Crippen molar-refractivity contribution in [2.24, 2.45) is 5.92 Å². The summed E-state index contributed by atoms with van der Waals surface area (Å²) in [4.78, 5) is 32.3. The molecule has 0 fully saturated rings. The highest BCUT2D eigenvalue weighted by atomic mass is 16.4. The minimum Gasteiger partial charge on any atom is -0.480 e. The Kier molecular flexibility index (Phi) is 4.36. The first-order valence-corrected chi connectivity index (χ1v) is 5.63. The highest BCUT2D eigenvalue weighted by Gasteiger charge is 2.30. The van der Waals surface area contributed by atoms with Crippen molar-refractivity contribution in [3.05, 3.63) is 23.8 Å². The third kappa shape index (κ3) is 3.03. The highest BCUT2D eigenvalue weighted by molar-refractivity contribution is 5.96. The number of aliphatic carboxylic acids is 1. The quantitative estimate of drug-likeness (QED) is 0.862. The predicted octanol–water partition coefficient (Wildman–Crippen LogP) is 0.966. The van der Waals surface area contributed by atoms with E-state index in [4.69, 9.17) is 5.11 Å². The van der Waals surface area contributed by atoms with Gasteiger partial charge in [-0.1, -0.05) is 13.8 Å². The van der Waals surface area contributed by atoms with E-state index >= 15 is 0 Å². The number of hydrogen-bond acceptors (Lipinski definition) is 4. The molecule has 1 atom stereocenters. The Morgan fingerprint density at radius 3 is 2.17 bits per heavy atom. The summed E-state index contributed by atoms with van der Waals surface area (Å²) in [5, 5.41) is 9.13. The molecule has 0 aliphatic carbocycles. The number of carbonyl (C=O) groups excluding carboxylic acids is 1. The van der Waals surface area contributed by atoms with Crippen LogP contribution in [0.2, 0.25) is 0 Å². The summed E-state index contributed by atoms with van der Waals surface area (Å²) >= 11 is 0. The van der Waals surface area contributed by atoms with Gasteiger partial charge in [-0.05, 0) is 12.8 Å². The molecule has 1 aromatic heterocycles. The largest absolute Gasteiger partial charge is 0.480 e. The number of carbonyl (C=O) groups is 2. The maximum atomic E-state index is 12.1. The standard InChI is InChI=1S/C12H17N3O3/c1-7(2)10(12(17)18)15(4)11(16)9-5-13-8(3)14-6-9/h5-7,10H,1-4H3,(H,17,18). The Labute approximate surface area is 106 Å². The number of hydrogen-bond donors (Lipinski definition) is 1. The van der Waals surface area contributed by atoms with Crippen molar-refractivity contribution in [3.8, 4) is 0 Å². The van der Waals surface area contributed by atoms with E-state index in [0.29, 0.717) is 5.82 Å². The van der Waals surface area contributed by atoms with Gasteiger partial charge < -0.3 is 10.0 Å². The highest BCUT2D eigenvalue weighted by Crippen LogP contribution is 2.12. The van der Waals surface area contributed by atoms with Gasteiger partial charge in [0.1, 0.15) is 11.9 Å². The molecule has 0 spiro atoms. The lowest BCUT2D eigenvalue weighted by Crippen LogP contribution is -2.45. The smallest absolute Gasteiger partial charge is 0.326 e. The van der Waals surface area contributed by atoms with Gasteiger partial charge in [-0.2, -0.15) is 0 Å². The molecule has 1 N–H and O–H groups in total. The third-order valence-electron chi connectivity index (χ3n) is 2.65. The van der Waals surface area contributed by atoms with Crippen LogP contribution in [0.1, 0.15) is 30.0 Å². The SMILES string of the molecule is Cc1ncc(C(=O)N(C)C(C(=O)O)C(C)C)cn1. The first kappa shape index (κ1) is 14.1. The van der Waals surface area contributed by atoms with Crippen LogP contribution >= 0.6 is 0 Å². The van der Waals surface area contributed by atoms with E-state index in [1.807, 2.05) is 0 Å². The molecule has 0 saturated heterocycles. The lowest BCUT2D eigenvalue weighted by molar-refractivity contribution is -0.143. The van der Waals surface area contributed by atoms with Crippen LogP contribution in [-0.2, 0) is 4.79 Å². The Morgan fingerprint density at radius 2 is 1.78 bits per heavy atom. The number of rotatable bonds is 4. The molecule has 1 rings (SSSR count). The summed E-state index contributed by atoms with van der Waals surface area (Å²) in [7, 11) is 1.47. The number of amides is 1. The molecule has 0 aliphatic rings. The van der Waals surface area contributed by atoms with Gasteiger partial charge in [-0.15, -0.1) is 0 Å². The zero-order valence-corrected chi connectivity index (χ0v) is 10.9. The van der Waals surface area contributed by atoms with Crippen LogP contribution in [0.3, 0.4) is 0 Å². The molecule has 0 bridgehead atoms. The summed E-state index contributed by atoms with van der Waals surface area (Å²) in [6, 6.07) is -0.862. The molecule has 18 heavy (non-hydrogen) atoms. The third-order valence-corrected chi connectivity index (χ3v) is 2.65. The van der Waals surface area contributed by atoms with Gasteiger partial charge in [0.2, 0.25) is 0 Å². The van der Waals surface area contributed by atoms with E-state index in [1.54, 1.807) is 20.8 Å². The van der Waals surface area contributed by atoms with Gasteiger partial charge in [-0.3, -0.25) is 4.79 Å². The van der Waals surface area contributed by atoms with Crippen molar-refractivity contribution in [2.75, 3.05) is 7.05 Å². The van der Waals surface area contributed by atoms with Crippen molar-refractivity contribution < 1.29 is 14.7 Å². The summed E-state index contributed by atoms with van der Waals surface area (Å²) in [5.41, 5.74) is 0.287. The maximum absolute atomic E-state index is 12.1. The fourth-order valence-corrected chi connectivity index (χ4v) is 1.73. The number of likely N-dealkylation sites (N-methyl/N-ethyl adjacent to an activating group) is 1. The second kappa shape index (κ2) is 5.57. The molecule has 0 aliphatic heterocycles. The topological polar surface area (TPSA) is 83.4 Å². The number of nitrogens with zero attached hydrogens (tertiary/aromatic N) is 3. The lowest BCUT2D eigenvalue weighted by Gasteiger charge is -2.27. The molecular formula is C12H17N3O3. The first-order chi connectivity index (χ1) is 8.34. The monoisotopic (exact) mass is 251 g/mol. The molecule has 1 aromatic rings. The Hall–Kier alpha value is -1.98. The zero-order valence-electron chi connectivity index (χ0n) is 10.9. The average Bonchev–Trinajstić information content (AvgIpc) is 2.28. The number of carboxylic acids is 1. The van der Waals surface area contributed by atoms with E-state index in [9.17, 15) is 9.59 Å². The molecule has 6 nitrogen and oxygen atoms in total. The van der Waals surface area contributed by atoms with E-state index in [1.165, 1.54) is 24.3 Å². The van der Waals surface area contributed by atoms with Gasteiger partial charge >= 0.3 is 5.97 Å². The maximum Gasteiger partial charge on any atom is 0.326 e. The minimum absolute atomic E-state index is 0.178. The second-order valence-electron chi connectivity index (χ2n) is 4.46. The van der Waals surface area contributed by atoms with Gasteiger partial charge in [0.05, 0.1) is 5.56 Å². The van der Waals surface area contributed by atoms with Crippen LogP contribution < -0.4 is 0 Å². The minimum atomic E-state index is -1.02. The van der Waals surface area contributed by atoms with Crippen LogP contribution in [0.5, 0.6) is 0 Å². The predicted molar refractivity (Wildman–Crippen MR) is 65.1 cm³/mol. The van der Waals surface area contributed by atoms with Crippen LogP contribution in [0.25, 0.3) is 0 Å². The molecule has 0 radical (unpaired) electrons. The van der Waals surface area contributed by atoms with Crippen molar-refractivity contribution >= 4 is 11.9 Å². The van der Waals surface area contributed by atoms with Gasteiger partial charge in [0, 0.05) is 19.4 Å². The fraction of sp³-hybridized carbons (Fsp3) is 0.500. The molecule has 1 unspecified atom stereocenters. The molecule has 1 heterocycles. The molecule has 98 valence electrons. The van der Waals surface area contributed by atoms with E-state index in [0.717, 1.165) is 0 Å². The van der Waals surface area contributed by atoms with Crippen molar-refractivity contribution in [1.82, 2.24) is 14.9 Å². The van der Waals surface area contributed by atoms with E-state index in [-0.39, 0.29) is 11.5 Å². The molecule has 0 aromatic carbocycles. The van der Waals surface area contributed by atoms with Gasteiger partial charge in [-0.25, -0.2) is 14.8 Å². The lowest BCUT2D eigenvalue weighted by atomic mass is 10.0. The fourth-order valence-electron chi connectivity index (χ4n) is 1.73. The zero-order chi connectivity index (χ0) is 13.9. The summed E-state index contributed by atoms with van der Waals surface area (Å²) in [6.45, 7) is 5.23. The second-order valence-corrected chi connectivity index (χ2v) is 4.46. The normalized spacial score (nSPS) is 12.3. The molecule has 0 saturated carbocycles. The van der Waals surface area contributed by atoms with Crippen molar-refractivity contribution in [3.63, 3.8) is 0 Å². The Bertz CT molecular complexity index is 442. The van der Waals surface area contributed by atoms with Crippen LogP contribution in [0.15, 0.2) is 12.4 Å². The van der Waals surface area contributed by atoms with Gasteiger partial charge in [0.15, 0.2) is 0 Å². The average molecular weight is 251 g/mol. The number of carboxylic acid groups (broad SMARTS) is 1. The van der Waals surface area contributed by atoms with Crippen molar-refractivity contribution in [2.45, 2.75) is 26.8 Å². The molecule has 6 heteroatoms. The summed E-state index contributed by atoms with van der Waals surface area (Å²) in [6.07, 6.45) is 2.81. The van der Waals surface area contributed by atoms with Gasteiger partial charge in [0.25, 0.3) is 5.91 Å². The Morgan fingerprint density at radius 1 is 1.28 bits per heavy atom. The van der Waals surface area contributed by atoms with Crippen LogP contribution in [0.4, 0.5) is 0 Å². The Balaban J connectivity index is 2.95. The summed E-state index contributed by atoms with van der Waals surface area (Å²) in [5.74, 6) is -1.03. The number of aryl methyl sites for hydroxylation is 1. The van der Waals surface area contributed by atoms with Crippen LogP contribution in [-0.4, -0.2) is 44.9 Å². The van der Waals surface area contributed by atoms with E-state index in [2.05, 4.69) is 9.97 Å². The molecular weight excluding hydrogens is 234 g/mol. The van der Waals surface area contributed by atoms with Crippen molar-refractivity contribution in [1.29, 1.82) is 0 Å². The van der Waals surface area contributed by atoms with E-state index < -0.39 is 17.9 Å². The number of aromatic nitrogens is 2. The summed E-state index contributed by atoms with van der Waals surface area (Å²) < 4.78 is 0. The molecule has 1 amide bonds. The first-order valence-electron chi connectivity index (χ1n) is 5.63. The van der Waals surface area contributed by atoms with Crippen LogP contribution in [0, 0.1) is 12.8 Å².